The van der Waals surface area contributed by atoms with Gasteiger partial charge in [0.1, 0.15) is 5.56 Å². The van der Waals surface area contributed by atoms with Crippen molar-refractivity contribution in [3.8, 4) is 5.75 Å². The maximum Gasteiger partial charge on any atom is 0.349 e. The summed E-state index contributed by atoms with van der Waals surface area (Å²) in [6.45, 7) is 3.76. The second kappa shape index (κ2) is 9.22. The van der Waals surface area contributed by atoms with Gasteiger partial charge in [0.2, 0.25) is 0 Å². The number of piperidine rings is 1. The van der Waals surface area contributed by atoms with E-state index in [0.29, 0.717) is 23.3 Å². The van der Waals surface area contributed by atoms with Crippen molar-refractivity contribution in [3.05, 3.63) is 40.2 Å². The largest absolute Gasteiger partial charge is 0.493 e. The van der Waals surface area contributed by atoms with Crippen molar-refractivity contribution in [3.63, 3.8) is 0 Å². The van der Waals surface area contributed by atoms with E-state index in [1.54, 1.807) is 12.1 Å². The fourth-order valence-electron chi connectivity index (χ4n) is 4.27. The Morgan fingerprint density at radius 3 is 2.83 bits per heavy atom. The standard InChI is InChI=1S/C22H28N2O4S/c1-27-19-8-5-7-16-13-18(22(26)28-20(16)19)21(25)24-11-6-12-29-15-17(24)14-23-9-3-2-4-10-23/h5,7-8,13,17H,2-4,6,9-12,14-15H2,1H3. The molecule has 0 radical (unpaired) electrons. The molecule has 0 saturated carbocycles. The molecule has 0 bridgehead atoms. The predicted octanol–water partition coefficient (Wildman–Crippen LogP) is 3.24. The van der Waals surface area contributed by atoms with Crippen molar-refractivity contribution in [1.82, 2.24) is 9.80 Å². The molecule has 2 aliphatic rings. The zero-order chi connectivity index (χ0) is 20.2. The number of thioether (sulfide) groups is 1. The monoisotopic (exact) mass is 416 g/mol. The maximum atomic E-state index is 13.4. The summed E-state index contributed by atoms with van der Waals surface area (Å²) in [4.78, 5) is 30.5. The molecular weight excluding hydrogens is 388 g/mol. The molecule has 6 nitrogen and oxygen atoms in total. The van der Waals surface area contributed by atoms with Crippen LogP contribution in [0.2, 0.25) is 0 Å². The van der Waals surface area contributed by atoms with Crippen molar-refractivity contribution in [2.45, 2.75) is 31.7 Å². The Labute approximate surface area is 175 Å². The Bertz CT molecular complexity index is 923. The van der Waals surface area contributed by atoms with Crippen molar-refractivity contribution < 1.29 is 13.9 Å². The van der Waals surface area contributed by atoms with Gasteiger partial charge in [-0.2, -0.15) is 11.8 Å². The van der Waals surface area contributed by atoms with Gasteiger partial charge in [0.05, 0.1) is 13.2 Å². The van der Waals surface area contributed by atoms with E-state index in [1.165, 1.54) is 26.4 Å². The highest BCUT2D eigenvalue weighted by molar-refractivity contribution is 7.99. The lowest BCUT2D eigenvalue weighted by Gasteiger charge is -2.35. The van der Waals surface area contributed by atoms with Crippen LogP contribution in [0.15, 0.2) is 33.5 Å². The molecule has 2 saturated heterocycles. The first kappa shape index (κ1) is 20.3. The molecule has 2 fully saturated rings. The first-order valence-electron chi connectivity index (χ1n) is 10.4. The molecular formula is C22H28N2O4S. The molecule has 0 spiro atoms. The molecule has 7 heteroatoms. The minimum Gasteiger partial charge on any atom is -0.493 e. The van der Waals surface area contributed by atoms with Gasteiger partial charge in [0.15, 0.2) is 11.3 Å². The number of methoxy groups -OCH3 is 1. The molecule has 2 aromatic rings. The molecule has 2 aliphatic heterocycles. The number of nitrogens with zero attached hydrogens (tertiary/aromatic N) is 2. The number of hydrogen-bond donors (Lipinski definition) is 0. The minimum absolute atomic E-state index is 0.112. The fraction of sp³-hybridized carbons (Fsp3) is 0.545. The number of likely N-dealkylation sites (tertiary alicyclic amines) is 1. The highest BCUT2D eigenvalue weighted by Gasteiger charge is 2.30. The van der Waals surface area contributed by atoms with E-state index in [-0.39, 0.29) is 17.5 Å². The van der Waals surface area contributed by atoms with E-state index in [1.807, 2.05) is 28.8 Å². The Kier molecular flexibility index (Phi) is 6.45. The summed E-state index contributed by atoms with van der Waals surface area (Å²) in [6.07, 6.45) is 4.69. The summed E-state index contributed by atoms with van der Waals surface area (Å²) in [7, 11) is 1.54. The van der Waals surface area contributed by atoms with E-state index in [0.717, 1.165) is 37.6 Å². The fourth-order valence-corrected chi connectivity index (χ4v) is 5.33. The van der Waals surface area contributed by atoms with Gasteiger partial charge < -0.3 is 19.0 Å². The van der Waals surface area contributed by atoms with Crippen LogP contribution in [0, 0.1) is 0 Å². The molecule has 0 N–H and O–H groups in total. The zero-order valence-electron chi connectivity index (χ0n) is 16.9. The van der Waals surface area contributed by atoms with Crippen molar-refractivity contribution in [2.75, 3.05) is 44.8 Å². The Hall–Kier alpha value is -1.99. The van der Waals surface area contributed by atoms with Gasteiger partial charge >= 0.3 is 5.63 Å². The number of carbonyl (C=O) groups excluding carboxylic acids is 1. The molecule has 0 aliphatic carbocycles. The number of ether oxygens (including phenoxy) is 1. The third-order valence-electron chi connectivity index (χ3n) is 5.79. The first-order valence-corrected chi connectivity index (χ1v) is 11.5. The van der Waals surface area contributed by atoms with Gasteiger partial charge in [-0.25, -0.2) is 4.79 Å². The molecule has 1 aromatic heterocycles. The lowest BCUT2D eigenvalue weighted by atomic mass is 10.1. The Morgan fingerprint density at radius 2 is 2.03 bits per heavy atom. The summed E-state index contributed by atoms with van der Waals surface area (Å²) in [5, 5.41) is 0.698. The summed E-state index contributed by atoms with van der Waals surface area (Å²) in [5.41, 5.74) is -0.102. The van der Waals surface area contributed by atoms with Gasteiger partial charge in [-0.15, -0.1) is 0 Å². The SMILES string of the molecule is COc1cccc2cc(C(=O)N3CCCSCC3CN3CCCCC3)c(=O)oc12. The molecule has 1 atom stereocenters. The molecule has 156 valence electrons. The summed E-state index contributed by atoms with van der Waals surface area (Å²) < 4.78 is 10.8. The first-order chi connectivity index (χ1) is 14.2. The van der Waals surface area contributed by atoms with Crippen molar-refractivity contribution >= 4 is 28.6 Å². The average Bonchev–Trinajstić information content (AvgIpc) is 2.98. The molecule has 3 heterocycles. The van der Waals surface area contributed by atoms with Gasteiger partial charge in [-0.1, -0.05) is 18.6 Å². The molecule has 4 rings (SSSR count). The van der Waals surface area contributed by atoms with E-state index in [9.17, 15) is 9.59 Å². The molecule has 1 amide bonds. The number of carbonyl (C=O) groups is 1. The van der Waals surface area contributed by atoms with Crippen molar-refractivity contribution in [2.24, 2.45) is 0 Å². The quantitative estimate of drug-likeness (QED) is 0.713. The summed E-state index contributed by atoms with van der Waals surface area (Å²) >= 11 is 1.90. The number of amides is 1. The lowest BCUT2D eigenvalue weighted by Crippen LogP contribution is -2.49. The van der Waals surface area contributed by atoms with Crippen LogP contribution in [-0.4, -0.2) is 66.5 Å². The number of hydrogen-bond acceptors (Lipinski definition) is 6. The summed E-state index contributed by atoms with van der Waals surface area (Å²) in [5.74, 6) is 2.24. The van der Waals surface area contributed by atoms with Crippen LogP contribution >= 0.6 is 11.8 Å². The third kappa shape index (κ3) is 4.46. The maximum absolute atomic E-state index is 13.4. The zero-order valence-corrected chi connectivity index (χ0v) is 17.7. The Morgan fingerprint density at radius 1 is 1.21 bits per heavy atom. The van der Waals surface area contributed by atoms with E-state index in [2.05, 4.69) is 4.90 Å². The highest BCUT2D eigenvalue weighted by atomic mass is 32.2. The van der Waals surface area contributed by atoms with Crippen LogP contribution in [0.4, 0.5) is 0 Å². The smallest absolute Gasteiger partial charge is 0.349 e. The van der Waals surface area contributed by atoms with E-state index in [4.69, 9.17) is 9.15 Å². The number of para-hydroxylation sites is 1. The van der Waals surface area contributed by atoms with Crippen LogP contribution in [0.1, 0.15) is 36.0 Å². The number of rotatable bonds is 4. The third-order valence-corrected chi connectivity index (χ3v) is 6.99. The second-order valence-corrected chi connectivity index (χ2v) is 8.92. The second-order valence-electron chi connectivity index (χ2n) is 7.77. The van der Waals surface area contributed by atoms with Crippen LogP contribution in [0.3, 0.4) is 0 Å². The van der Waals surface area contributed by atoms with Gasteiger partial charge in [-0.3, -0.25) is 4.79 Å². The lowest BCUT2D eigenvalue weighted by molar-refractivity contribution is 0.0641. The normalized spacial score (nSPS) is 21.1. The van der Waals surface area contributed by atoms with Gasteiger partial charge in [0, 0.05) is 24.2 Å². The van der Waals surface area contributed by atoms with Gasteiger partial charge in [-0.05, 0) is 50.2 Å². The minimum atomic E-state index is -0.597. The van der Waals surface area contributed by atoms with E-state index < -0.39 is 5.63 Å². The highest BCUT2D eigenvalue weighted by Crippen LogP contribution is 2.26. The van der Waals surface area contributed by atoms with E-state index >= 15 is 0 Å². The predicted molar refractivity (Wildman–Crippen MR) is 116 cm³/mol. The molecule has 1 unspecified atom stereocenters. The van der Waals surface area contributed by atoms with Crippen LogP contribution < -0.4 is 10.4 Å². The number of fused-ring (bicyclic) bond motifs is 1. The molecule has 1 aromatic carbocycles. The van der Waals surface area contributed by atoms with Gasteiger partial charge in [0.25, 0.3) is 5.91 Å². The Balaban J connectivity index is 1.63. The average molecular weight is 417 g/mol. The van der Waals surface area contributed by atoms with Crippen LogP contribution in [0.25, 0.3) is 11.0 Å². The van der Waals surface area contributed by atoms with Crippen molar-refractivity contribution in [1.29, 1.82) is 0 Å². The summed E-state index contributed by atoms with van der Waals surface area (Å²) in [6, 6.07) is 7.18. The molecule has 29 heavy (non-hydrogen) atoms. The van der Waals surface area contributed by atoms with Crippen LogP contribution in [-0.2, 0) is 0 Å². The topological polar surface area (TPSA) is 63.0 Å². The van der Waals surface area contributed by atoms with Crippen LogP contribution in [0.5, 0.6) is 5.75 Å². The number of benzene rings is 1.